The lowest BCUT2D eigenvalue weighted by Crippen LogP contribution is -2.37. The molecule has 0 radical (unpaired) electrons. The minimum atomic E-state index is -3.14. The van der Waals surface area contributed by atoms with Crippen molar-refractivity contribution < 1.29 is 13.2 Å². The van der Waals surface area contributed by atoms with Crippen LogP contribution in [-0.4, -0.2) is 54.2 Å². The third kappa shape index (κ3) is 2.41. The first kappa shape index (κ1) is 13.4. The fourth-order valence-electron chi connectivity index (χ4n) is 2.79. The van der Waals surface area contributed by atoms with E-state index in [1.807, 2.05) is 0 Å². The molecule has 21 heavy (non-hydrogen) atoms. The largest absolute Gasteiger partial charge is 0.378 e. The molecular formula is C13H18N4O3S. The summed E-state index contributed by atoms with van der Waals surface area (Å²) in [5.41, 5.74) is 1.77. The summed E-state index contributed by atoms with van der Waals surface area (Å²) in [5, 5.41) is -0.168. The summed E-state index contributed by atoms with van der Waals surface area (Å²) in [6.07, 6.45) is 3.36. The molecule has 114 valence electrons. The van der Waals surface area contributed by atoms with Crippen molar-refractivity contribution in [1.82, 2.24) is 14.3 Å². The molecule has 3 aliphatic rings. The molecule has 7 nitrogen and oxygen atoms in total. The van der Waals surface area contributed by atoms with E-state index in [9.17, 15) is 8.42 Å². The zero-order valence-electron chi connectivity index (χ0n) is 11.7. The second-order valence-electron chi connectivity index (χ2n) is 5.75. The Hall–Kier alpha value is -1.25. The highest BCUT2D eigenvalue weighted by molar-refractivity contribution is 7.90. The van der Waals surface area contributed by atoms with Gasteiger partial charge in [-0.05, 0) is 12.8 Å². The SMILES string of the molecule is O=S(=O)(C1CC1)N1Cc2cnc(N3CCOCC3)nc2C1. The Balaban J connectivity index is 1.55. The van der Waals surface area contributed by atoms with Crippen LogP contribution in [0.4, 0.5) is 5.95 Å². The highest BCUT2D eigenvalue weighted by atomic mass is 32.2. The predicted molar refractivity (Wildman–Crippen MR) is 76.3 cm³/mol. The van der Waals surface area contributed by atoms with Crippen LogP contribution < -0.4 is 4.90 Å². The van der Waals surface area contributed by atoms with Gasteiger partial charge >= 0.3 is 0 Å². The summed E-state index contributed by atoms with van der Waals surface area (Å²) >= 11 is 0. The molecular weight excluding hydrogens is 292 g/mol. The Morgan fingerprint density at radius 3 is 2.67 bits per heavy atom. The van der Waals surface area contributed by atoms with Gasteiger partial charge in [0, 0.05) is 31.4 Å². The first-order valence-electron chi connectivity index (χ1n) is 7.31. The van der Waals surface area contributed by atoms with E-state index >= 15 is 0 Å². The maximum absolute atomic E-state index is 12.3. The normalized spacial score (nSPS) is 23.3. The van der Waals surface area contributed by atoms with Gasteiger partial charge in [-0.2, -0.15) is 4.31 Å². The van der Waals surface area contributed by atoms with E-state index in [1.165, 1.54) is 0 Å². The molecule has 0 bridgehead atoms. The van der Waals surface area contributed by atoms with Gasteiger partial charge in [0.25, 0.3) is 0 Å². The molecule has 2 fully saturated rings. The lowest BCUT2D eigenvalue weighted by atomic mass is 10.3. The zero-order valence-corrected chi connectivity index (χ0v) is 12.5. The van der Waals surface area contributed by atoms with E-state index in [4.69, 9.17) is 4.74 Å². The molecule has 0 spiro atoms. The maximum atomic E-state index is 12.3. The number of ether oxygens (including phenoxy) is 1. The van der Waals surface area contributed by atoms with Gasteiger partial charge in [0.1, 0.15) is 0 Å². The van der Waals surface area contributed by atoms with Crippen LogP contribution in [0.5, 0.6) is 0 Å². The minimum absolute atomic E-state index is 0.168. The molecule has 1 aromatic rings. The number of aromatic nitrogens is 2. The molecule has 1 aliphatic carbocycles. The molecule has 2 aliphatic heterocycles. The fraction of sp³-hybridized carbons (Fsp3) is 0.692. The molecule has 1 aromatic heterocycles. The lowest BCUT2D eigenvalue weighted by Gasteiger charge is -2.26. The minimum Gasteiger partial charge on any atom is -0.378 e. The van der Waals surface area contributed by atoms with Crippen molar-refractivity contribution >= 4 is 16.0 Å². The molecule has 4 rings (SSSR count). The van der Waals surface area contributed by atoms with Crippen LogP contribution in [-0.2, 0) is 27.8 Å². The van der Waals surface area contributed by atoms with Gasteiger partial charge in [0.2, 0.25) is 16.0 Å². The summed E-state index contributed by atoms with van der Waals surface area (Å²) in [6, 6.07) is 0. The Kier molecular flexibility index (Phi) is 3.13. The van der Waals surface area contributed by atoms with Crippen LogP contribution in [0.2, 0.25) is 0 Å². The van der Waals surface area contributed by atoms with Crippen LogP contribution in [0.3, 0.4) is 0 Å². The van der Waals surface area contributed by atoms with Gasteiger partial charge in [0.15, 0.2) is 0 Å². The van der Waals surface area contributed by atoms with Crippen molar-refractivity contribution in [3.8, 4) is 0 Å². The Morgan fingerprint density at radius 2 is 1.95 bits per heavy atom. The first-order valence-corrected chi connectivity index (χ1v) is 8.81. The summed E-state index contributed by atoms with van der Waals surface area (Å²) < 4.78 is 31.5. The third-order valence-electron chi connectivity index (χ3n) is 4.21. The highest BCUT2D eigenvalue weighted by Crippen LogP contribution is 2.35. The smallest absolute Gasteiger partial charge is 0.225 e. The molecule has 1 saturated heterocycles. The number of anilines is 1. The highest BCUT2D eigenvalue weighted by Gasteiger charge is 2.42. The number of hydrogen-bond donors (Lipinski definition) is 0. The van der Waals surface area contributed by atoms with Gasteiger partial charge in [-0.25, -0.2) is 18.4 Å². The third-order valence-corrected chi connectivity index (χ3v) is 6.51. The topological polar surface area (TPSA) is 75.6 Å². The number of fused-ring (bicyclic) bond motifs is 1. The maximum Gasteiger partial charge on any atom is 0.225 e. The van der Waals surface area contributed by atoms with Crippen LogP contribution in [0, 0.1) is 0 Å². The van der Waals surface area contributed by atoms with Crippen molar-refractivity contribution in [2.75, 3.05) is 31.2 Å². The molecule has 3 heterocycles. The van der Waals surface area contributed by atoms with Crippen LogP contribution in [0.1, 0.15) is 24.1 Å². The number of sulfonamides is 1. The van der Waals surface area contributed by atoms with Crippen molar-refractivity contribution in [1.29, 1.82) is 0 Å². The molecule has 0 N–H and O–H groups in total. The first-order chi connectivity index (χ1) is 10.1. The molecule has 0 unspecified atom stereocenters. The average Bonchev–Trinajstić information content (AvgIpc) is 3.27. The quantitative estimate of drug-likeness (QED) is 0.789. The van der Waals surface area contributed by atoms with Crippen molar-refractivity contribution in [2.45, 2.75) is 31.2 Å². The summed E-state index contributed by atoms with van der Waals surface area (Å²) in [5.74, 6) is 0.683. The van der Waals surface area contributed by atoms with Crippen LogP contribution in [0.25, 0.3) is 0 Å². The van der Waals surface area contributed by atoms with Crippen LogP contribution >= 0.6 is 0 Å². The van der Waals surface area contributed by atoms with Crippen molar-refractivity contribution in [3.05, 3.63) is 17.5 Å². The van der Waals surface area contributed by atoms with E-state index in [0.29, 0.717) is 32.3 Å². The van der Waals surface area contributed by atoms with E-state index in [2.05, 4.69) is 14.9 Å². The predicted octanol–water partition coefficient (Wildman–Crippen LogP) is 0.121. The second kappa shape index (κ2) is 4.89. The Labute approximate surface area is 124 Å². The number of nitrogens with zero attached hydrogens (tertiary/aromatic N) is 4. The van der Waals surface area contributed by atoms with Gasteiger partial charge < -0.3 is 9.64 Å². The van der Waals surface area contributed by atoms with E-state index in [0.717, 1.165) is 37.2 Å². The van der Waals surface area contributed by atoms with Gasteiger partial charge in [0.05, 0.1) is 30.7 Å². The van der Waals surface area contributed by atoms with E-state index in [-0.39, 0.29) is 5.25 Å². The molecule has 8 heteroatoms. The summed E-state index contributed by atoms with van der Waals surface area (Å²) in [4.78, 5) is 11.0. The second-order valence-corrected chi connectivity index (χ2v) is 7.97. The molecule has 1 saturated carbocycles. The lowest BCUT2D eigenvalue weighted by molar-refractivity contribution is 0.122. The van der Waals surface area contributed by atoms with Gasteiger partial charge in [-0.1, -0.05) is 0 Å². The number of hydrogen-bond acceptors (Lipinski definition) is 6. The number of rotatable bonds is 3. The summed E-state index contributed by atoms with van der Waals surface area (Å²) in [6.45, 7) is 3.72. The standard InChI is InChI=1S/C13H18N4O3S/c18-21(19,11-1-2-11)17-8-10-7-14-13(15-12(10)9-17)16-3-5-20-6-4-16/h7,11H,1-6,8-9H2. The van der Waals surface area contributed by atoms with E-state index in [1.54, 1.807) is 10.5 Å². The Bertz CT molecular complexity index is 653. The number of morpholine rings is 1. The van der Waals surface area contributed by atoms with Crippen molar-refractivity contribution in [2.24, 2.45) is 0 Å². The van der Waals surface area contributed by atoms with E-state index < -0.39 is 10.0 Å². The van der Waals surface area contributed by atoms with Crippen LogP contribution in [0.15, 0.2) is 6.20 Å². The van der Waals surface area contributed by atoms with Crippen molar-refractivity contribution in [3.63, 3.8) is 0 Å². The Morgan fingerprint density at radius 1 is 1.19 bits per heavy atom. The van der Waals surface area contributed by atoms with Gasteiger partial charge in [-0.3, -0.25) is 0 Å². The molecule has 0 atom stereocenters. The average molecular weight is 310 g/mol. The molecule has 0 amide bonds. The monoisotopic (exact) mass is 310 g/mol. The zero-order chi connectivity index (χ0) is 14.4. The molecule has 0 aromatic carbocycles. The van der Waals surface area contributed by atoms with Gasteiger partial charge in [-0.15, -0.1) is 0 Å². The summed E-state index contributed by atoms with van der Waals surface area (Å²) in [7, 11) is -3.14. The fourth-order valence-corrected chi connectivity index (χ4v) is 4.56.